The first-order valence-electron chi connectivity index (χ1n) is 3.79. The third-order valence-corrected chi connectivity index (χ3v) is 1.61. The highest BCUT2D eigenvalue weighted by Gasteiger charge is 2.02. The Labute approximate surface area is 72.7 Å². The van der Waals surface area contributed by atoms with Crippen molar-refractivity contribution in [2.75, 3.05) is 19.0 Å². The summed E-state index contributed by atoms with van der Waals surface area (Å²) in [4.78, 5) is 1.94. The van der Waals surface area contributed by atoms with Crippen LogP contribution in [0.5, 0.6) is 0 Å². The van der Waals surface area contributed by atoms with Gasteiger partial charge in [0, 0.05) is 14.1 Å². The molecule has 0 aliphatic carbocycles. The van der Waals surface area contributed by atoms with Gasteiger partial charge in [0.15, 0.2) is 5.82 Å². The van der Waals surface area contributed by atoms with Crippen molar-refractivity contribution in [3.63, 3.8) is 0 Å². The van der Waals surface area contributed by atoms with Crippen molar-refractivity contribution in [3.8, 4) is 0 Å². The van der Waals surface area contributed by atoms with E-state index in [9.17, 15) is 0 Å². The Bertz CT molecular complexity index is 292. The molecule has 3 heteroatoms. The number of aromatic nitrogens is 2. The summed E-state index contributed by atoms with van der Waals surface area (Å²) in [5, 5.41) is 8.02. The predicted molar refractivity (Wildman–Crippen MR) is 51.2 cm³/mol. The van der Waals surface area contributed by atoms with E-state index in [4.69, 9.17) is 0 Å². The third kappa shape index (κ3) is 1.61. The van der Waals surface area contributed by atoms with Gasteiger partial charge in [0.1, 0.15) is 0 Å². The zero-order valence-electron chi connectivity index (χ0n) is 7.70. The lowest BCUT2D eigenvalue weighted by atomic mass is 10.2. The summed E-state index contributed by atoms with van der Waals surface area (Å²) in [7, 11) is 3.90. The van der Waals surface area contributed by atoms with Gasteiger partial charge in [-0.2, -0.15) is 0 Å². The number of anilines is 1. The molecule has 0 aromatic carbocycles. The quantitative estimate of drug-likeness (QED) is 0.661. The van der Waals surface area contributed by atoms with Gasteiger partial charge in [0.05, 0.1) is 5.69 Å². The Morgan fingerprint density at radius 2 is 2.08 bits per heavy atom. The van der Waals surface area contributed by atoms with Gasteiger partial charge in [-0.3, -0.25) is 0 Å². The highest BCUT2D eigenvalue weighted by Crippen LogP contribution is 2.13. The van der Waals surface area contributed by atoms with Crippen molar-refractivity contribution in [2.24, 2.45) is 0 Å². The molecule has 0 N–H and O–H groups in total. The summed E-state index contributed by atoms with van der Waals surface area (Å²) in [6.45, 7) is 5.64. The van der Waals surface area contributed by atoms with Crippen LogP contribution in [-0.4, -0.2) is 24.3 Å². The molecule has 0 spiro atoms. The fraction of sp³-hybridized carbons (Fsp3) is 0.333. The molecule has 0 fully saturated rings. The minimum Gasteiger partial charge on any atom is -0.361 e. The Hall–Kier alpha value is -1.38. The summed E-state index contributed by atoms with van der Waals surface area (Å²) in [6, 6.07) is 1.97. The predicted octanol–water partition coefficient (Wildman–Crippen LogP) is 1.49. The molecule has 64 valence electrons. The Balaban J connectivity index is 3.11. The molecule has 1 rings (SSSR count). The molecule has 0 radical (unpaired) electrons. The summed E-state index contributed by atoms with van der Waals surface area (Å²) in [5.41, 5.74) is 1.93. The first-order valence-corrected chi connectivity index (χ1v) is 3.79. The minimum absolute atomic E-state index is 0.818. The molecule has 0 aliphatic heterocycles. The van der Waals surface area contributed by atoms with E-state index in [2.05, 4.69) is 16.8 Å². The summed E-state index contributed by atoms with van der Waals surface area (Å²) in [6.07, 6.45) is 1.69. The lowest BCUT2D eigenvalue weighted by Gasteiger charge is -2.12. The monoisotopic (exact) mass is 163 g/mol. The van der Waals surface area contributed by atoms with Crippen LogP contribution in [0.1, 0.15) is 11.3 Å². The van der Waals surface area contributed by atoms with Crippen molar-refractivity contribution in [2.45, 2.75) is 6.92 Å². The van der Waals surface area contributed by atoms with Crippen LogP contribution >= 0.6 is 0 Å². The van der Waals surface area contributed by atoms with Gasteiger partial charge >= 0.3 is 0 Å². The van der Waals surface area contributed by atoms with Gasteiger partial charge in [-0.25, -0.2) is 0 Å². The summed E-state index contributed by atoms with van der Waals surface area (Å²) < 4.78 is 0. The second-order valence-corrected chi connectivity index (χ2v) is 2.87. The zero-order valence-corrected chi connectivity index (χ0v) is 7.70. The molecule has 0 aliphatic rings. The molecule has 0 bridgehead atoms. The van der Waals surface area contributed by atoms with E-state index >= 15 is 0 Å². The van der Waals surface area contributed by atoms with Crippen molar-refractivity contribution in [1.29, 1.82) is 0 Å². The average Bonchev–Trinajstić information content (AvgIpc) is 2.03. The van der Waals surface area contributed by atoms with E-state index in [-0.39, 0.29) is 0 Å². The van der Waals surface area contributed by atoms with Crippen LogP contribution in [0.15, 0.2) is 12.6 Å². The maximum atomic E-state index is 4.05. The van der Waals surface area contributed by atoms with Crippen LogP contribution < -0.4 is 4.90 Å². The van der Waals surface area contributed by atoms with Gasteiger partial charge in [0.2, 0.25) is 0 Å². The molecule has 0 atom stereocenters. The molecule has 1 aromatic heterocycles. The normalized spacial score (nSPS) is 9.58. The maximum Gasteiger partial charge on any atom is 0.153 e. The summed E-state index contributed by atoms with van der Waals surface area (Å²) >= 11 is 0. The highest BCUT2D eigenvalue weighted by atomic mass is 15.2. The molecular weight excluding hydrogens is 150 g/mol. The van der Waals surface area contributed by atoms with E-state index in [0.29, 0.717) is 0 Å². The molecule has 0 amide bonds. The fourth-order valence-corrected chi connectivity index (χ4v) is 1.04. The van der Waals surface area contributed by atoms with E-state index in [1.807, 2.05) is 32.0 Å². The number of nitrogens with zero attached hydrogens (tertiary/aromatic N) is 3. The van der Waals surface area contributed by atoms with Crippen LogP contribution in [0.2, 0.25) is 0 Å². The molecule has 1 heterocycles. The van der Waals surface area contributed by atoms with Gasteiger partial charge in [0.25, 0.3) is 0 Å². The van der Waals surface area contributed by atoms with E-state index in [1.165, 1.54) is 0 Å². The highest BCUT2D eigenvalue weighted by molar-refractivity contribution is 5.50. The molecule has 1 aromatic rings. The van der Waals surface area contributed by atoms with Crippen LogP contribution in [0.3, 0.4) is 0 Å². The lowest BCUT2D eigenvalue weighted by Crippen LogP contribution is -2.13. The third-order valence-electron chi connectivity index (χ3n) is 1.61. The largest absolute Gasteiger partial charge is 0.361 e. The van der Waals surface area contributed by atoms with Gasteiger partial charge in [-0.1, -0.05) is 6.58 Å². The SMILES string of the molecule is C=Cc1cc(C)c(N(C)C)nn1. The van der Waals surface area contributed by atoms with Crippen molar-refractivity contribution in [1.82, 2.24) is 10.2 Å². The number of aryl methyl sites for hydroxylation is 1. The van der Waals surface area contributed by atoms with E-state index < -0.39 is 0 Å². The standard InChI is InChI=1S/C9H13N3/c1-5-8-6-7(2)9(11-10-8)12(3)4/h5-6H,1H2,2-4H3. The lowest BCUT2D eigenvalue weighted by molar-refractivity contribution is 0.942. The first kappa shape index (κ1) is 8.71. The molecule has 0 saturated heterocycles. The van der Waals surface area contributed by atoms with Gasteiger partial charge in [-0.15, -0.1) is 10.2 Å². The number of hydrogen-bond donors (Lipinski definition) is 0. The zero-order chi connectivity index (χ0) is 9.14. The van der Waals surface area contributed by atoms with E-state index in [1.54, 1.807) is 6.08 Å². The van der Waals surface area contributed by atoms with Crippen LogP contribution in [-0.2, 0) is 0 Å². The van der Waals surface area contributed by atoms with Crippen molar-refractivity contribution < 1.29 is 0 Å². The second kappa shape index (κ2) is 3.34. The van der Waals surface area contributed by atoms with E-state index in [0.717, 1.165) is 17.1 Å². The number of hydrogen-bond acceptors (Lipinski definition) is 3. The number of rotatable bonds is 2. The molecule has 0 unspecified atom stereocenters. The molecule has 0 saturated carbocycles. The minimum atomic E-state index is 0.818. The smallest absolute Gasteiger partial charge is 0.153 e. The van der Waals surface area contributed by atoms with Crippen molar-refractivity contribution >= 4 is 11.9 Å². The molecule has 3 nitrogen and oxygen atoms in total. The Kier molecular flexibility index (Phi) is 2.43. The average molecular weight is 163 g/mol. The molecule has 12 heavy (non-hydrogen) atoms. The van der Waals surface area contributed by atoms with Gasteiger partial charge < -0.3 is 4.90 Å². The first-order chi connectivity index (χ1) is 5.65. The van der Waals surface area contributed by atoms with Crippen LogP contribution in [0, 0.1) is 6.92 Å². The van der Waals surface area contributed by atoms with Gasteiger partial charge in [-0.05, 0) is 24.6 Å². The van der Waals surface area contributed by atoms with Crippen LogP contribution in [0.25, 0.3) is 6.08 Å². The topological polar surface area (TPSA) is 29.0 Å². The summed E-state index contributed by atoms with van der Waals surface area (Å²) in [5.74, 6) is 0.903. The second-order valence-electron chi connectivity index (χ2n) is 2.87. The maximum absolute atomic E-state index is 4.05. The molecular formula is C9H13N3. The Morgan fingerprint density at radius 3 is 2.50 bits per heavy atom. The fourth-order valence-electron chi connectivity index (χ4n) is 1.04. The van der Waals surface area contributed by atoms with Crippen LogP contribution in [0.4, 0.5) is 5.82 Å². The Morgan fingerprint density at radius 1 is 1.42 bits per heavy atom. The van der Waals surface area contributed by atoms with Crippen molar-refractivity contribution in [3.05, 3.63) is 23.9 Å².